The summed E-state index contributed by atoms with van der Waals surface area (Å²) in [5.41, 5.74) is 2.33. The van der Waals surface area contributed by atoms with Gasteiger partial charge in [0.2, 0.25) is 5.91 Å². The van der Waals surface area contributed by atoms with Gasteiger partial charge < -0.3 is 9.88 Å². The lowest BCUT2D eigenvalue weighted by Gasteiger charge is -2.21. The smallest absolute Gasteiger partial charge is 0.237 e. The van der Waals surface area contributed by atoms with Crippen molar-refractivity contribution in [1.29, 1.82) is 0 Å². The maximum absolute atomic E-state index is 12.5. The minimum atomic E-state index is -0.0276. The first-order valence-electron chi connectivity index (χ1n) is 8.32. The molecule has 4 nitrogen and oxygen atoms in total. The first-order chi connectivity index (χ1) is 11.3. The number of hydrogen-bond acceptors (Lipinski definition) is 4. The second-order valence-electron chi connectivity index (χ2n) is 6.14. The Morgan fingerprint density at radius 2 is 2.35 bits per heavy atom. The van der Waals surface area contributed by atoms with Gasteiger partial charge in [0, 0.05) is 37.0 Å². The molecule has 0 saturated carbocycles. The molecule has 0 unspecified atom stereocenters. The normalized spacial score (nSPS) is 19.9. The number of nitrogens with zero attached hydrogens (tertiary/aromatic N) is 2. The van der Waals surface area contributed by atoms with Crippen molar-refractivity contribution in [3.63, 3.8) is 0 Å². The number of thioether (sulfide) groups is 1. The van der Waals surface area contributed by atoms with Gasteiger partial charge in [0.05, 0.1) is 5.69 Å². The van der Waals surface area contributed by atoms with E-state index in [2.05, 4.69) is 27.5 Å². The molecule has 0 bridgehead atoms. The van der Waals surface area contributed by atoms with Gasteiger partial charge >= 0.3 is 0 Å². The van der Waals surface area contributed by atoms with Gasteiger partial charge in [-0.1, -0.05) is 0 Å². The van der Waals surface area contributed by atoms with Crippen LogP contribution in [-0.4, -0.2) is 27.8 Å². The SMILES string of the molecule is O=C(NCCc1cn2c(n1)CCCC2)[C@@H]1SCCc2sccc21. The highest BCUT2D eigenvalue weighted by atomic mass is 32.2. The van der Waals surface area contributed by atoms with Crippen molar-refractivity contribution in [1.82, 2.24) is 14.9 Å². The number of amides is 1. The number of rotatable bonds is 4. The highest BCUT2D eigenvalue weighted by Crippen LogP contribution is 2.39. The maximum atomic E-state index is 12.5. The van der Waals surface area contributed by atoms with Gasteiger partial charge in [-0.15, -0.1) is 23.1 Å². The summed E-state index contributed by atoms with van der Waals surface area (Å²) in [5.74, 6) is 2.40. The molecule has 1 atom stereocenters. The molecule has 2 aliphatic heterocycles. The van der Waals surface area contributed by atoms with E-state index < -0.39 is 0 Å². The summed E-state index contributed by atoms with van der Waals surface area (Å²) in [6, 6.07) is 2.11. The second-order valence-corrected chi connectivity index (χ2v) is 8.35. The fraction of sp³-hybridized carbons (Fsp3) is 0.529. The van der Waals surface area contributed by atoms with Crippen molar-refractivity contribution >= 4 is 29.0 Å². The van der Waals surface area contributed by atoms with Crippen LogP contribution in [0.2, 0.25) is 0 Å². The van der Waals surface area contributed by atoms with E-state index in [1.807, 2.05) is 0 Å². The van der Waals surface area contributed by atoms with E-state index in [1.54, 1.807) is 23.1 Å². The number of nitrogens with one attached hydrogen (secondary N) is 1. The molecule has 122 valence electrons. The molecular formula is C17H21N3OS2. The van der Waals surface area contributed by atoms with Crippen LogP contribution in [-0.2, 0) is 30.6 Å². The van der Waals surface area contributed by atoms with Crippen LogP contribution in [0.25, 0.3) is 0 Å². The summed E-state index contributed by atoms with van der Waals surface area (Å²) in [4.78, 5) is 18.6. The zero-order valence-electron chi connectivity index (χ0n) is 13.1. The van der Waals surface area contributed by atoms with E-state index >= 15 is 0 Å². The fourth-order valence-electron chi connectivity index (χ4n) is 3.36. The van der Waals surface area contributed by atoms with Crippen LogP contribution in [0.5, 0.6) is 0 Å². The average Bonchev–Trinajstić information content (AvgIpc) is 3.20. The lowest BCUT2D eigenvalue weighted by atomic mass is 10.1. The number of aryl methyl sites for hydroxylation is 3. The molecule has 0 aliphatic carbocycles. The van der Waals surface area contributed by atoms with Crippen molar-refractivity contribution in [2.24, 2.45) is 0 Å². The number of imidazole rings is 1. The molecular weight excluding hydrogens is 326 g/mol. The number of thiophene rings is 1. The lowest BCUT2D eigenvalue weighted by Crippen LogP contribution is -2.31. The number of fused-ring (bicyclic) bond motifs is 2. The largest absolute Gasteiger partial charge is 0.354 e. The molecule has 4 rings (SSSR count). The van der Waals surface area contributed by atoms with Crippen LogP contribution < -0.4 is 5.32 Å². The summed E-state index contributed by atoms with van der Waals surface area (Å²) in [7, 11) is 0. The lowest BCUT2D eigenvalue weighted by molar-refractivity contribution is -0.120. The molecule has 0 fully saturated rings. The Labute approximate surface area is 144 Å². The van der Waals surface area contributed by atoms with Crippen LogP contribution in [0.15, 0.2) is 17.6 Å². The Morgan fingerprint density at radius 3 is 3.26 bits per heavy atom. The zero-order valence-corrected chi connectivity index (χ0v) is 14.7. The predicted octanol–water partition coefficient (Wildman–Crippen LogP) is 2.97. The van der Waals surface area contributed by atoms with Gasteiger partial charge in [-0.25, -0.2) is 4.98 Å². The summed E-state index contributed by atoms with van der Waals surface area (Å²) in [5, 5.41) is 5.18. The Morgan fingerprint density at radius 1 is 1.39 bits per heavy atom. The third-order valence-corrected chi connectivity index (χ3v) is 6.79. The fourth-order valence-corrected chi connectivity index (χ4v) is 5.68. The van der Waals surface area contributed by atoms with E-state index in [-0.39, 0.29) is 11.2 Å². The number of carbonyl (C=O) groups is 1. The number of hydrogen-bond donors (Lipinski definition) is 1. The van der Waals surface area contributed by atoms with E-state index in [0.717, 1.165) is 37.3 Å². The quantitative estimate of drug-likeness (QED) is 0.925. The predicted molar refractivity (Wildman–Crippen MR) is 95.1 cm³/mol. The third kappa shape index (κ3) is 3.19. The van der Waals surface area contributed by atoms with Crippen molar-refractivity contribution in [3.05, 3.63) is 39.6 Å². The van der Waals surface area contributed by atoms with E-state index in [0.29, 0.717) is 6.54 Å². The van der Waals surface area contributed by atoms with Crippen molar-refractivity contribution in [2.75, 3.05) is 12.3 Å². The molecule has 23 heavy (non-hydrogen) atoms. The first kappa shape index (κ1) is 15.3. The standard InChI is InChI=1S/C17H21N3OS2/c21-17(16-13-5-9-22-14(13)6-10-23-16)18-7-4-12-11-20-8-2-1-3-15(20)19-12/h5,9,11,16H,1-4,6-8,10H2,(H,18,21)/t16-/m1/s1. The molecule has 2 aliphatic rings. The number of aromatic nitrogens is 2. The molecule has 0 radical (unpaired) electrons. The van der Waals surface area contributed by atoms with Gasteiger partial charge in [0.25, 0.3) is 0 Å². The van der Waals surface area contributed by atoms with Gasteiger partial charge in [-0.05, 0) is 42.0 Å². The minimum Gasteiger partial charge on any atom is -0.354 e. The van der Waals surface area contributed by atoms with Crippen LogP contribution in [0, 0.1) is 0 Å². The Hall–Kier alpha value is -1.27. The Kier molecular flexibility index (Phi) is 4.44. The Bertz CT molecular complexity index is 683. The summed E-state index contributed by atoms with van der Waals surface area (Å²) < 4.78 is 2.27. The maximum Gasteiger partial charge on any atom is 0.237 e. The van der Waals surface area contributed by atoms with E-state index in [1.165, 1.54) is 29.1 Å². The highest BCUT2D eigenvalue weighted by Gasteiger charge is 2.27. The van der Waals surface area contributed by atoms with Crippen LogP contribution in [0.1, 0.15) is 40.1 Å². The molecule has 0 spiro atoms. The Balaban J connectivity index is 1.33. The van der Waals surface area contributed by atoms with Crippen molar-refractivity contribution in [3.8, 4) is 0 Å². The van der Waals surface area contributed by atoms with E-state index in [4.69, 9.17) is 4.98 Å². The molecule has 0 aromatic carbocycles. The molecule has 4 heterocycles. The summed E-state index contributed by atoms with van der Waals surface area (Å²) >= 11 is 3.54. The van der Waals surface area contributed by atoms with E-state index in [9.17, 15) is 4.79 Å². The minimum absolute atomic E-state index is 0.0276. The third-order valence-electron chi connectivity index (χ3n) is 4.55. The van der Waals surface area contributed by atoms with Gasteiger partial charge in [0.1, 0.15) is 11.1 Å². The van der Waals surface area contributed by atoms with Crippen LogP contribution in [0.4, 0.5) is 0 Å². The highest BCUT2D eigenvalue weighted by molar-refractivity contribution is 8.00. The zero-order chi connectivity index (χ0) is 15.6. The van der Waals surface area contributed by atoms with Crippen molar-refractivity contribution < 1.29 is 4.79 Å². The topological polar surface area (TPSA) is 46.9 Å². The first-order valence-corrected chi connectivity index (χ1v) is 10.2. The second kappa shape index (κ2) is 6.69. The molecule has 1 amide bonds. The van der Waals surface area contributed by atoms with Gasteiger partial charge in [-0.2, -0.15) is 0 Å². The molecule has 0 saturated heterocycles. The molecule has 2 aromatic heterocycles. The molecule has 2 aromatic rings. The van der Waals surface area contributed by atoms with Crippen molar-refractivity contribution in [2.45, 2.75) is 43.9 Å². The molecule has 6 heteroatoms. The van der Waals surface area contributed by atoms with Gasteiger partial charge in [-0.3, -0.25) is 4.79 Å². The average molecular weight is 348 g/mol. The summed E-state index contributed by atoms with van der Waals surface area (Å²) in [6.07, 6.45) is 7.66. The van der Waals surface area contributed by atoms with Crippen LogP contribution >= 0.6 is 23.1 Å². The van der Waals surface area contributed by atoms with Crippen LogP contribution in [0.3, 0.4) is 0 Å². The summed E-state index contributed by atoms with van der Waals surface area (Å²) in [6.45, 7) is 1.76. The number of carbonyl (C=O) groups excluding carboxylic acids is 1. The monoisotopic (exact) mass is 347 g/mol. The molecule has 1 N–H and O–H groups in total. The van der Waals surface area contributed by atoms with Gasteiger partial charge in [0.15, 0.2) is 0 Å².